The van der Waals surface area contributed by atoms with E-state index in [1.54, 1.807) is 0 Å². The van der Waals surface area contributed by atoms with Crippen molar-refractivity contribution in [1.82, 2.24) is 5.32 Å². The fourth-order valence-corrected chi connectivity index (χ4v) is 2.19. The van der Waals surface area contributed by atoms with E-state index in [1.165, 1.54) is 32.1 Å². The average molecular weight is 195 g/mol. The van der Waals surface area contributed by atoms with E-state index in [4.69, 9.17) is 5.73 Å². The summed E-state index contributed by atoms with van der Waals surface area (Å²) < 4.78 is 0. The van der Waals surface area contributed by atoms with Crippen LogP contribution >= 0.6 is 0 Å². The molecule has 14 heavy (non-hydrogen) atoms. The predicted octanol–water partition coefficient (Wildman–Crippen LogP) is 1.49. The number of guanidine groups is 1. The van der Waals surface area contributed by atoms with Gasteiger partial charge in [0.25, 0.3) is 0 Å². The number of aliphatic imine (C=N–C) groups is 1. The molecule has 2 rings (SSSR count). The number of nitrogens with one attached hydrogen (secondary N) is 1. The lowest BCUT2D eigenvalue weighted by Crippen LogP contribution is -2.38. The zero-order valence-electron chi connectivity index (χ0n) is 9.00. The maximum atomic E-state index is 5.81. The van der Waals surface area contributed by atoms with Crippen molar-refractivity contribution in [3.8, 4) is 0 Å². The van der Waals surface area contributed by atoms with Gasteiger partial charge in [0.1, 0.15) is 0 Å². The second-order valence-corrected chi connectivity index (χ2v) is 4.82. The molecule has 0 saturated heterocycles. The Morgan fingerprint density at radius 3 is 2.64 bits per heavy atom. The van der Waals surface area contributed by atoms with Gasteiger partial charge >= 0.3 is 0 Å². The number of nitrogens with two attached hydrogens (primary N) is 1. The number of rotatable bonds is 3. The summed E-state index contributed by atoms with van der Waals surface area (Å²) in [4.78, 5) is 4.38. The molecular weight excluding hydrogens is 174 g/mol. The van der Waals surface area contributed by atoms with Crippen molar-refractivity contribution in [2.75, 3.05) is 6.54 Å². The minimum Gasteiger partial charge on any atom is -0.370 e. The van der Waals surface area contributed by atoms with Crippen molar-refractivity contribution in [3.63, 3.8) is 0 Å². The summed E-state index contributed by atoms with van der Waals surface area (Å²) in [5.41, 5.74) is 5.81. The van der Waals surface area contributed by atoms with Gasteiger partial charge in [-0.3, -0.25) is 4.99 Å². The highest BCUT2D eigenvalue weighted by atomic mass is 15.1. The van der Waals surface area contributed by atoms with Crippen LogP contribution in [0.15, 0.2) is 4.99 Å². The highest BCUT2D eigenvalue weighted by Gasteiger charge is 2.31. The van der Waals surface area contributed by atoms with Gasteiger partial charge in [-0.25, -0.2) is 0 Å². The van der Waals surface area contributed by atoms with E-state index in [1.807, 2.05) is 0 Å². The molecule has 0 spiro atoms. The van der Waals surface area contributed by atoms with Crippen LogP contribution in [-0.4, -0.2) is 18.5 Å². The molecule has 2 fully saturated rings. The lowest BCUT2D eigenvalue weighted by molar-refractivity contribution is 0.623. The van der Waals surface area contributed by atoms with Gasteiger partial charge in [-0.05, 0) is 31.1 Å². The van der Waals surface area contributed by atoms with Gasteiger partial charge in [-0.15, -0.1) is 0 Å². The molecule has 3 heteroatoms. The molecule has 3 N–H and O–H groups in total. The molecule has 0 aromatic rings. The number of hydrogen-bond acceptors (Lipinski definition) is 1. The molecule has 0 radical (unpaired) electrons. The quantitative estimate of drug-likeness (QED) is 0.529. The van der Waals surface area contributed by atoms with Gasteiger partial charge in [-0.1, -0.05) is 19.8 Å². The van der Waals surface area contributed by atoms with E-state index in [0.29, 0.717) is 12.0 Å². The molecule has 0 aliphatic heterocycles. The third kappa shape index (κ3) is 2.63. The molecule has 0 heterocycles. The van der Waals surface area contributed by atoms with Crippen molar-refractivity contribution < 1.29 is 0 Å². The Kier molecular flexibility index (Phi) is 2.94. The largest absolute Gasteiger partial charge is 0.370 e. The molecule has 0 bridgehead atoms. The molecule has 2 unspecified atom stereocenters. The van der Waals surface area contributed by atoms with E-state index in [0.717, 1.165) is 18.4 Å². The minimum atomic E-state index is 0.593. The monoisotopic (exact) mass is 195 g/mol. The van der Waals surface area contributed by atoms with E-state index in [9.17, 15) is 0 Å². The first-order chi connectivity index (χ1) is 6.75. The Hall–Kier alpha value is -0.730. The van der Waals surface area contributed by atoms with Crippen molar-refractivity contribution in [3.05, 3.63) is 0 Å². The summed E-state index contributed by atoms with van der Waals surface area (Å²) in [5.74, 6) is 2.34. The lowest BCUT2D eigenvalue weighted by atomic mass is 10.2. The van der Waals surface area contributed by atoms with Crippen LogP contribution < -0.4 is 11.1 Å². The Bertz CT molecular complexity index is 219. The highest BCUT2D eigenvalue weighted by molar-refractivity contribution is 5.78. The van der Waals surface area contributed by atoms with E-state index in [-0.39, 0.29) is 0 Å². The van der Waals surface area contributed by atoms with E-state index < -0.39 is 0 Å². The average Bonchev–Trinajstić information content (AvgIpc) is 2.65. The van der Waals surface area contributed by atoms with Gasteiger partial charge in [0.15, 0.2) is 5.96 Å². The van der Waals surface area contributed by atoms with E-state index >= 15 is 0 Å². The summed E-state index contributed by atoms with van der Waals surface area (Å²) >= 11 is 0. The Balaban J connectivity index is 1.68. The normalized spacial score (nSPS) is 33.4. The number of nitrogens with zero attached hydrogens (tertiary/aromatic N) is 1. The van der Waals surface area contributed by atoms with Crippen LogP contribution in [-0.2, 0) is 0 Å². The SMILES string of the molecule is CC1CC1CN=C(N)NC1CCCC1. The van der Waals surface area contributed by atoms with E-state index in [2.05, 4.69) is 17.2 Å². The zero-order chi connectivity index (χ0) is 9.97. The van der Waals surface area contributed by atoms with Crippen LogP contribution in [0, 0.1) is 11.8 Å². The van der Waals surface area contributed by atoms with Gasteiger partial charge in [0, 0.05) is 12.6 Å². The van der Waals surface area contributed by atoms with Gasteiger partial charge in [0.2, 0.25) is 0 Å². The zero-order valence-corrected chi connectivity index (χ0v) is 9.00. The Morgan fingerprint density at radius 2 is 2.07 bits per heavy atom. The molecule has 2 saturated carbocycles. The van der Waals surface area contributed by atoms with Crippen LogP contribution in [0.4, 0.5) is 0 Å². The van der Waals surface area contributed by atoms with Crippen molar-refractivity contribution in [2.45, 2.75) is 45.1 Å². The summed E-state index contributed by atoms with van der Waals surface area (Å²) in [6, 6.07) is 0.593. The maximum Gasteiger partial charge on any atom is 0.188 e. The standard InChI is InChI=1S/C11H21N3/c1-8-6-9(8)7-13-11(12)14-10-4-2-3-5-10/h8-10H,2-7H2,1H3,(H3,12,13,14). The second-order valence-electron chi connectivity index (χ2n) is 4.82. The first kappa shape index (κ1) is 9.81. The minimum absolute atomic E-state index is 0.593. The van der Waals surface area contributed by atoms with Crippen LogP contribution in [0.3, 0.4) is 0 Å². The molecule has 3 nitrogen and oxygen atoms in total. The summed E-state index contributed by atoms with van der Waals surface area (Å²) in [7, 11) is 0. The van der Waals surface area contributed by atoms with Crippen molar-refractivity contribution in [1.29, 1.82) is 0 Å². The molecule has 2 aliphatic rings. The third-order valence-electron chi connectivity index (χ3n) is 3.48. The number of hydrogen-bond donors (Lipinski definition) is 2. The van der Waals surface area contributed by atoms with Crippen molar-refractivity contribution >= 4 is 5.96 Å². The van der Waals surface area contributed by atoms with Gasteiger partial charge in [-0.2, -0.15) is 0 Å². The molecule has 0 amide bonds. The maximum absolute atomic E-state index is 5.81. The predicted molar refractivity (Wildman–Crippen MR) is 59.2 cm³/mol. The van der Waals surface area contributed by atoms with Crippen LogP contribution in [0.5, 0.6) is 0 Å². The lowest BCUT2D eigenvalue weighted by Gasteiger charge is -2.11. The van der Waals surface area contributed by atoms with Crippen molar-refractivity contribution in [2.24, 2.45) is 22.6 Å². The second kappa shape index (κ2) is 4.20. The first-order valence-corrected chi connectivity index (χ1v) is 5.82. The van der Waals surface area contributed by atoms with Crippen LogP contribution in [0.25, 0.3) is 0 Å². The molecule has 80 valence electrons. The molecule has 2 atom stereocenters. The molecule has 0 aromatic heterocycles. The van der Waals surface area contributed by atoms with Crippen LogP contribution in [0.1, 0.15) is 39.0 Å². The Labute approximate surface area is 86.2 Å². The van der Waals surface area contributed by atoms with Crippen LogP contribution in [0.2, 0.25) is 0 Å². The molecular formula is C11H21N3. The molecule has 0 aromatic carbocycles. The topological polar surface area (TPSA) is 50.4 Å². The summed E-state index contributed by atoms with van der Waals surface area (Å²) in [6.07, 6.45) is 6.53. The first-order valence-electron chi connectivity index (χ1n) is 5.82. The summed E-state index contributed by atoms with van der Waals surface area (Å²) in [6.45, 7) is 3.20. The van der Waals surface area contributed by atoms with Gasteiger partial charge in [0.05, 0.1) is 0 Å². The molecule has 2 aliphatic carbocycles. The van der Waals surface area contributed by atoms with Gasteiger partial charge < -0.3 is 11.1 Å². The summed E-state index contributed by atoms with van der Waals surface area (Å²) in [5, 5.41) is 3.30. The smallest absolute Gasteiger partial charge is 0.188 e. The fraction of sp³-hybridized carbons (Fsp3) is 0.909. The highest BCUT2D eigenvalue weighted by Crippen LogP contribution is 2.37. The fourth-order valence-electron chi connectivity index (χ4n) is 2.19. The third-order valence-corrected chi connectivity index (χ3v) is 3.48. The Morgan fingerprint density at radius 1 is 1.43 bits per heavy atom.